The number of carbonyl (C=O) groups excluding carboxylic acids is 1. The molecule has 0 fully saturated rings. The molecule has 0 aromatic heterocycles. The minimum atomic E-state index is -0.0475. The number of methoxy groups -OCH3 is 1. The van der Waals surface area contributed by atoms with E-state index in [0.717, 1.165) is 25.7 Å². The minimum absolute atomic E-state index is 0.0475. The molecule has 62 valence electrons. The SMILES string of the molecule is COC(=O)C1CCC=CCC1. The Balaban J connectivity index is 2.40. The minimum Gasteiger partial charge on any atom is -0.469 e. The van der Waals surface area contributed by atoms with Gasteiger partial charge in [-0.05, 0) is 25.7 Å². The van der Waals surface area contributed by atoms with Crippen LogP contribution in [0.15, 0.2) is 12.2 Å². The number of hydrogen-bond donors (Lipinski definition) is 0. The molecule has 0 aromatic carbocycles. The number of ether oxygens (including phenoxy) is 1. The van der Waals surface area contributed by atoms with Crippen molar-refractivity contribution in [2.75, 3.05) is 7.11 Å². The van der Waals surface area contributed by atoms with Crippen molar-refractivity contribution in [3.05, 3.63) is 12.2 Å². The second kappa shape index (κ2) is 4.16. The molecule has 1 aliphatic rings. The van der Waals surface area contributed by atoms with Gasteiger partial charge in [-0.3, -0.25) is 4.79 Å². The van der Waals surface area contributed by atoms with E-state index in [1.165, 1.54) is 7.11 Å². The molecule has 0 aliphatic heterocycles. The number of allylic oxidation sites excluding steroid dienone is 2. The molecule has 0 N–H and O–H groups in total. The first kappa shape index (κ1) is 8.31. The van der Waals surface area contributed by atoms with E-state index < -0.39 is 0 Å². The van der Waals surface area contributed by atoms with Crippen molar-refractivity contribution in [3.8, 4) is 0 Å². The van der Waals surface area contributed by atoms with Crippen molar-refractivity contribution < 1.29 is 9.53 Å². The molecule has 0 aromatic rings. The van der Waals surface area contributed by atoms with Crippen molar-refractivity contribution >= 4 is 5.97 Å². The lowest BCUT2D eigenvalue weighted by molar-refractivity contribution is -0.145. The summed E-state index contributed by atoms with van der Waals surface area (Å²) < 4.78 is 4.68. The van der Waals surface area contributed by atoms with Gasteiger partial charge >= 0.3 is 5.97 Å². The molecule has 2 nitrogen and oxygen atoms in total. The van der Waals surface area contributed by atoms with Crippen molar-refractivity contribution in [2.24, 2.45) is 5.92 Å². The van der Waals surface area contributed by atoms with Crippen LogP contribution >= 0.6 is 0 Å². The zero-order valence-electron chi connectivity index (χ0n) is 6.88. The standard InChI is InChI=1S/C9H14O2/c1-11-9(10)8-6-4-2-3-5-7-8/h2-3,8H,4-7H2,1H3. The Bertz CT molecular complexity index is 151. The first-order valence-electron chi connectivity index (χ1n) is 4.07. The highest BCUT2D eigenvalue weighted by atomic mass is 16.5. The van der Waals surface area contributed by atoms with Crippen LogP contribution in [0.25, 0.3) is 0 Å². The average Bonchev–Trinajstić information content (AvgIpc) is 2.30. The van der Waals surface area contributed by atoms with Crippen LogP contribution in [0.1, 0.15) is 25.7 Å². The molecule has 0 spiro atoms. The predicted octanol–water partition coefficient (Wildman–Crippen LogP) is 1.91. The molecule has 0 heterocycles. The van der Waals surface area contributed by atoms with Crippen LogP contribution in [0, 0.1) is 5.92 Å². The summed E-state index contributed by atoms with van der Waals surface area (Å²) in [5, 5.41) is 0. The normalized spacial score (nSPS) is 19.4. The van der Waals surface area contributed by atoms with Crippen LogP contribution < -0.4 is 0 Å². The third kappa shape index (κ3) is 2.37. The summed E-state index contributed by atoms with van der Waals surface area (Å²) in [6.45, 7) is 0. The summed E-state index contributed by atoms with van der Waals surface area (Å²) in [5.74, 6) is 0.0868. The first-order chi connectivity index (χ1) is 5.34. The molecule has 1 rings (SSSR count). The fourth-order valence-electron chi connectivity index (χ4n) is 1.38. The van der Waals surface area contributed by atoms with Gasteiger partial charge in [0.05, 0.1) is 13.0 Å². The van der Waals surface area contributed by atoms with E-state index in [0.29, 0.717) is 0 Å². The van der Waals surface area contributed by atoms with Crippen LogP contribution in [-0.2, 0) is 9.53 Å². The Labute approximate surface area is 67.2 Å². The van der Waals surface area contributed by atoms with E-state index in [-0.39, 0.29) is 11.9 Å². The van der Waals surface area contributed by atoms with Crippen molar-refractivity contribution in [2.45, 2.75) is 25.7 Å². The zero-order chi connectivity index (χ0) is 8.10. The molecule has 0 saturated carbocycles. The first-order valence-corrected chi connectivity index (χ1v) is 4.07. The molecular formula is C9H14O2. The lowest BCUT2D eigenvalue weighted by Gasteiger charge is -2.09. The van der Waals surface area contributed by atoms with E-state index in [9.17, 15) is 4.79 Å². The molecule has 0 saturated heterocycles. The average molecular weight is 154 g/mol. The summed E-state index contributed by atoms with van der Waals surface area (Å²) in [7, 11) is 1.46. The molecule has 11 heavy (non-hydrogen) atoms. The predicted molar refractivity (Wildman–Crippen MR) is 43.1 cm³/mol. The molecule has 0 amide bonds. The maximum atomic E-state index is 11.1. The highest BCUT2D eigenvalue weighted by Crippen LogP contribution is 2.19. The van der Waals surface area contributed by atoms with Gasteiger partial charge in [-0.15, -0.1) is 0 Å². The second-order valence-electron chi connectivity index (χ2n) is 2.85. The van der Waals surface area contributed by atoms with Crippen molar-refractivity contribution in [3.63, 3.8) is 0 Å². The van der Waals surface area contributed by atoms with Crippen LogP contribution in [0.5, 0.6) is 0 Å². The molecule has 0 bridgehead atoms. The van der Waals surface area contributed by atoms with Crippen LogP contribution in [0.4, 0.5) is 0 Å². The molecule has 1 aliphatic carbocycles. The monoisotopic (exact) mass is 154 g/mol. The molecule has 0 atom stereocenters. The fourth-order valence-corrected chi connectivity index (χ4v) is 1.38. The maximum absolute atomic E-state index is 11.1. The number of esters is 1. The van der Waals surface area contributed by atoms with E-state index in [1.54, 1.807) is 0 Å². The van der Waals surface area contributed by atoms with Crippen LogP contribution in [-0.4, -0.2) is 13.1 Å². The molecule has 2 heteroatoms. The number of rotatable bonds is 1. The van der Waals surface area contributed by atoms with Gasteiger partial charge in [-0.1, -0.05) is 12.2 Å². The maximum Gasteiger partial charge on any atom is 0.308 e. The highest BCUT2D eigenvalue weighted by Gasteiger charge is 2.18. The zero-order valence-corrected chi connectivity index (χ0v) is 6.88. The van der Waals surface area contributed by atoms with Gasteiger partial charge in [-0.2, -0.15) is 0 Å². The van der Waals surface area contributed by atoms with E-state index in [2.05, 4.69) is 16.9 Å². The van der Waals surface area contributed by atoms with Gasteiger partial charge in [0.1, 0.15) is 0 Å². The van der Waals surface area contributed by atoms with Crippen LogP contribution in [0.3, 0.4) is 0 Å². The lowest BCUT2D eigenvalue weighted by Crippen LogP contribution is -2.15. The topological polar surface area (TPSA) is 26.3 Å². The van der Waals surface area contributed by atoms with E-state index in [4.69, 9.17) is 0 Å². The van der Waals surface area contributed by atoms with Crippen LogP contribution in [0.2, 0.25) is 0 Å². The van der Waals surface area contributed by atoms with Gasteiger partial charge < -0.3 is 4.74 Å². The van der Waals surface area contributed by atoms with Crippen molar-refractivity contribution in [1.29, 1.82) is 0 Å². The third-order valence-corrected chi connectivity index (χ3v) is 2.06. The molecular weight excluding hydrogens is 140 g/mol. The van der Waals surface area contributed by atoms with Gasteiger partial charge in [0.2, 0.25) is 0 Å². The number of hydrogen-bond acceptors (Lipinski definition) is 2. The molecule has 0 unspecified atom stereocenters. The Morgan fingerprint density at radius 2 is 1.91 bits per heavy atom. The van der Waals surface area contributed by atoms with Gasteiger partial charge in [0.25, 0.3) is 0 Å². The summed E-state index contributed by atoms with van der Waals surface area (Å²) in [6, 6.07) is 0. The summed E-state index contributed by atoms with van der Waals surface area (Å²) in [5.41, 5.74) is 0. The Hall–Kier alpha value is -0.790. The summed E-state index contributed by atoms with van der Waals surface area (Å²) in [6.07, 6.45) is 8.21. The molecule has 0 radical (unpaired) electrons. The van der Waals surface area contributed by atoms with E-state index >= 15 is 0 Å². The van der Waals surface area contributed by atoms with Gasteiger partial charge in [0.15, 0.2) is 0 Å². The van der Waals surface area contributed by atoms with Gasteiger partial charge in [0, 0.05) is 0 Å². The largest absolute Gasteiger partial charge is 0.469 e. The Morgan fingerprint density at radius 1 is 1.36 bits per heavy atom. The van der Waals surface area contributed by atoms with E-state index in [1.807, 2.05) is 0 Å². The number of carbonyl (C=O) groups is 1. The second-order valence-corrected chi connectivity index (χ2v) is 2.85. The highest BCUT2D eigenvalue weighted by molar-refractivity contribution is 5.72. The third-order valence-electron chi connectivity index (χ3n) is 2.06. The fraction of sp³-hybridized carbons (Fsp3) is 0.667. The lowest BCUT2D eigenvalue weighted by atomic mass is 10.0. The van der Waals surface area contributed by atoms with Gasteiger partial charge in [-0.25, -0.2) is 0 Å². The Kier molecular flexibility index (Phi) is 3.14. The Morgan fingerprint density at radius 3 is 2.36 bits per heavy atom. The van der Waals surface area contributed by atoms with Crippen molar-refractivity contribution in [1.82, 2.24) is 0 Å². The summed E-state index contributed by atoms with van der Waals surface area (Å²) >= 11 is 0. The quantitative estimate of drug-likeness (QED) is 0.426. The smallest absolute Gasteiger partial charge is 0.308 e. The summed E-state index contributed by atoms with van der Waals surface area (Å²) in [4.78, 5) is 11.1.